The summed E-state index contributed by atoms with van der Waals surface area (Å²) in [6.45, 7) is 4.62. The molecule has 17 heavy (non-hydrogen) atoms. The van der Waals surface area contributed by atoms with E-state index in [1.54, 1.807) is 0 Å². The summed E-state index contributed by atoms with van der Waals surface area (Å²) in [6.07, 6.45) is 6.89. The Morgan fingerprint density at radius 3 is 2.76 bits per heavy atom. The molecule has 0 amide bonds. The molecule has 0 N–H and O–H groups in total. The minimum absolute atomic E-state index is 0.243. The Morgan fingerprint density at radius 1 is 1.47 bits per heavy atom. The van der Waals surface area contributed by atoms with Crippen LogP contribution in [0.2, 0.25) is 0 Å². The first-order chi connectivity index (χ1) is 8.10. The van der Waals surface area contributed by atoms with E-state index in [2.05, 4.69) is 38.1 Å². The van der Waals surface area contributed by atoms with Gasteiger partial charge in [-0.05, 0) is 57.6 Å². The lowest BCUT2D eigenvalue weighted by Gasteiger charge is -2.40. The summed E-state index contributed by atoms with van der Waals surface area (Å²) in [7, 11) is 2.21. The average molecular weight is 254 g/mol. The van der Waals surface area contributed by atoms with Crippen molar-refractivity contribution in [1.82, 2.24) is 4.90 Å². The molecule has 0 bridgehead atoms. The molecule has 2 nitrogen and oxygen atoms in total. The summed E-state index contributed by atoms with van der Waals surface area (Å²) in [4.78, 5) is 2.46. The van der Waals surface area contributed by atoms with E-state index in [1.807, 2.05) is 11.8 Å². The number of nitriles is 1. The van der Waals surface area contributed by atoms with Crippen LogP contribution < -0.4 is 0 Å². The van der Waals surface area contributed by atoms with Gasteiger partial charge < -0.3 is 0 Å². The van der Waals surface area contributed by atoms with Crippen molar-refractivity contribution in [2.24, 2.45) is 11.8 Å². The lowest BCUT2D eigenvalue weighted by atomic mass is 9.78. The Morgan fingerprint density at radius 2 is 2.18 bits per heavy atom. The van der Waals surface area contributed by atoms with Crippen molar-refractivity contribution in [1.29, 1.82) is 5.26 Å². The summed E-state index contributed by atoms with van der Waals surface area (Å²) in [5, 5.41) is 9.27. The third-order valence-corrected chi connectivity index (χ3v) is 4.85. The lowest BCUT2D eigenvalue weighted by molar-refractivity contribution is 0.0964. The highest BCUT2D eigenvalue weighted by molar-refractivity contribution is 7.98. The lowest BCUT2D eigenvalue weighted by Crippen LogP contribution is -2.45. The second kappa shape index (κ2) is 7.28. The molecule has 1 saturated carbocycles. The second-order valence-electron chi connectivity index (χ2n) is 5.52. The van der Waals surface area contributed by atoms with E-state index < -0.39 is 0 Å². The van der Waals surface area contributed by atoms with Gasteiger partial charge in [0.2, 0.25) is 0 Å². The molecule has 98 valence electrons. The SMILES string of the molecule is CSCCC(C)N(C)C1CC(C)CCC1C#N. The van der Waals surface area contributed by atoms with E-state index in [9.17, 15) is 5.26 Å². The molecule has 0 saturated heterocycles. The van der Waals surface area contributed by atoms with Gasteiger partial charge in [-0.25, -0.2) is 0 Å². The van der Waals surface area contributed by atoms with E-state index in [0.717, 1.165) is 12.3 Å². The van der Waals surface area contributed by atoms with Crippen molar-refractivity contribution < 1.29 is 0 Å². The molecule has 0 aliphatic heterocycles. The summed E-state index contributed by atoms with van der Waals surface area (Å²) < 4.78 is 0. The van der Waals surface area contributed by atoms with Crippen molar-refractivity contribution in [3.05, 3.63) is 0 Å². The average Bonchev–Trinajstić information content (AvgIpc) is 2.34. The van der Waals surface area contributed by atoms with Gasteiger partial charge in [0.25, 0.3) is 0 Å². The standard InChI is InChI=1S/C14H26N2S/c1-11-5-6-13(10-15)14(9-11)16(3)12(2)7-8-17-4/h11-14H,5-9H2,1-4H3. The smallest absolute Gasteiger partial charge is 0.0672 e. The Bertz CT molecular complexity index is 261. The maximum absolute atomic E-state index is 9.27. The quantitative estimate of drug-likeness (QED) is 0.752. The molecule has 0 radical (unpaired) electrons. The van der Waals surface area contributed by atoms with Crippen LogP contribution in [0.4, 0.5) is 0 Å². The fourth-order valence-electron chi connectivity index (χ4n) is 2.77. The molecule has 0 heterocycles. The fraction of sp³-hybridized carbons (Fsp3) is 0.929. The molecule has 4 unspecified atom stereocenters. The fourth-order valence-corrected chi connectivity index (χ4v) is 3.35. The maximum atomic E-state index is 9.27. The van der Waals surface area contributed by atoms with Crippen LogP contribution in [0.5, 0.6) is 0 Å². The predicted octanol–water partition coefficient (Wildman–Crippen LogP) is 3.39. The first-order valence-electron chi connectivity index (χ1n) is 6.70. The zero-order valence-electron chi connectivity index (χ0n) is 11.6. The van der Waals surface area contributed by atoms with Crippen LogP contribution in [0.15, 0.2) is 0 Å². The van der Waals surface area contributed by atoms with Gasteiger partial charge in [-0.2, -0.15) is 17.0 Å². The second-order valence-corrected chi connectivity index (χ2v) is 6.50. The molecular weight excluding hydrogens is 228 g/mol. The number of nitrogens with zero attached hydrogens (tertiary/aromatic N) is 2. The predicted molar refractivity (Wildman–Crippen MR) is 76.1 cm³/mol. The molecule has 0 aromatic rings. The summed E-state index contributed by atoms with van der Waals surface area (Å²) in [5.74, 6) is 2.23. The zero-order chi connectivity index (χ0) is 12.8. The monoisotopic (exact) mass is 254 g/mol. The van der Waals surface area contributed by atoms with E-state index >= 15 is 0 Å². The van der Waals surface area contributed by atoms with Crippen molar-refractivity contribution in [2.75, 3.05) is 19.1 Å². The molecule has 1 aliphatic rings. The molecule has 4 atom stereocenters. The van der Waals surface area contributed by atoms with E-state index in [-0.39, 0.29) is 5.92 Å². The topological polar surface area (TPSA) is 27.0 Å². The first-order valence-corrected chi connectivity index (χ1v) is 8.10. The molecule has 0 aromatic heterocycles. The Hall–Kier alpha value is -0.200. The van der Waals surface area contributed by atoms with E-state index in [1.165, 1.54) is 25.0 Å². The molecule has 1 rings (SSSR count). The van der Waals surface area contributed by atoms with Crippen molar-refractivity contribution >= 4 is 11.8 Å². The van der Waals surface area contributed by atoms with Crippen LogP contribution in [-0.2, 0) is 0 Å². The van der Waals surface area contributed by atoms with E-state index in [0.29, 0.717) is 12.1 Å². The maximum Gasteiger partial charge on any atom is 0.0672 e. The number of rotatable bonds is 5. The third kappa shape index (κ3) is 4.19. The van der Waals surface area contributed by atoms with E-state index in [4.69, 9.17) is 0 Å². The summed E-state index contributed by atoms with van der Waals surface area (Å²) >= 11 is 1.91. The first kappa shape index (κ1) is 14.9. The van der Waals surface area contributed by atoms with Crippen LogP contribution in [-0.4, -0.2) is 36.0 Å². The number of thioether (sulfide) groups is 1. The van der Waals surface area contributed by atoms with Gasteiger partial charge in [-0.3, -0.25) is 4.90 Å². The molecule has 0 aromatic carbocycles. The van der Waals surface area contributed by atoms with Gasteiger partial charge in [-0.1, -0.05) is 6.92 Å². The normalized spacial score (nSPS) is 31.2. The summed E-state index contributed by atoms with van der Waals surface area (Å²) in [6, 6.07) is 3.58. The van der Waals surface area contributed by atoms with Crippen LogP contribution in [0, 0.1) is 23.2 Å². The molecule has 0 spiro atoms. The van der Waals surface area contributed by atoms with Crippen molar-refractivity contribution in [3.63, 3.8) is 0 Å². The van der Waals surface area contributed by atoms with Gasteiger partial charge >= 0.3 is 0 Å². The third-order valence-electron chi connectivity index (χ3n) is 4.20. The van der Waals surface area contributed by atoms with Crippen LogP contribution >= 0.6 is 11.8 Å². The van der Waals surface area contributed by atoms with Crippen LogP contribution in [0.25, 0.3) is 0 Å². The Labute approximate surface area is 111 Å². The van der Waals surface area contributed by atoms with Gasteiger partial charge in [0.15, 0.2) is 0 Å². The summed E-state index contributed by atoms with van der Waals surface area (Å²) in [5.41, 5.74) is 0. The Kier molecular flexibility index (Phi) is 6.37. The van der Waals surface area contributed by atoms with Crippen LogP contribution in [0.1, 0.15) is 39.5 Å². The molecule has 1 aliphatic carbocycles. The number of hydrogen-bond donors (Lipinski definition) is 0. The highest BCUT2D eigenvalue weighted by Gasteiger charge is 2.32. The highest BCUT2D eigenvalue weighted by Crippen LogP contribution is 2.32. The molecular formula is C14H26N2S. The van der Waals surface area contributed by atoms with Gasteiger partial charge in [0.05, 0.1) is 12.0 Å². The van der Waals surface area contributed by atoms with Gasteiger partial charge in [0, 0.05) is 12.1 Å². The minimum Gasteiger partial charge on any atom is -0.299 e. The highest BCUT2D eigenvalue weighted by atomic mass is 32.2. The number of hydrogen-bond acceptors (Lipinski definition) is 3. The molecule has 1 fully saturated rings. The minimum atomic E-state index is 0.243. The largest absolute Gasteiger partial charge is 0.299 e. The Balaban J connectivity index is 2.57. The van der Waals surface area contributed by atoms with Crippen molar-refractivity contribution in [2.45, 2.75) is 51.6 Å². The van der Waals surface area contributed by atoms with Gasteiger partial charge in [0.1, 0.15) is 0 Å². The zero-order valence-corrected chi connectivity index (χ0v) is 12.5. The van der Waals surface area contributed by atoms with Crippen LogP contribution in [0.3, 0.4) is 0 Å². The van der Waals surface area contributed by atoms with Gasteiger partial charge in [-0.15, -0.1) is 0 Å². The van der Waals surface area contributed by atoms with Crippen molar-refractivity contribution in [3.8, 4) is 6.07 Å². The molecule has 3 heteroatoms.